The van der Waals surface area contributed by atoms with E-state index in [1.807, 2.05) is 0 Å². The van der Waals surface area contributed by atoms with E-state index in [2.05, 4.69) is 0 Å². The molecule has 0 amide bonds. The number of esters is 1. The van der Waals surface area contributed by atoms with E-state index < -0.39 is 22.9 Å². The first kappa shape index (κ1) is 15.7. The number of carbonyl (C=O) groups is 1. The first-order valence-electron chi connectivity index (χ1n) is 7.05. The van der Waals surface area contributed by atoms with E-state index >= 15 is 0 Å². The van der Waals surface area contributed by atoms with E-state index in [1.165, 1.54) is 0 Å². The molecule has 114 valence electrons. The Morgan fingerprint density at radius 1 is 1.05 bits per heavy atom. The molecule has 0 saturated carbocycles. The molecule has 5 nitrogen and oxygen atoms in total. The van der Waals surface area contributed by atoms with Crippen LogP contribution in [0.15, 0.2) is 60.7 Å². The molecule has 0 fully saturated rings. The number of ether oxygens (including phenoxy) is 1. The molecule has 2 atom stereocenters. The lowest BCUT2D eigenvalue weighted by atomic mass is 9.87. The molecule has 0 aliphatic heterocycles. The predicted molar refractivity (Wildman–Crippen MR) is 82.0 cm³/mol. The van der Waals surface area contributed by atoms with Crippen molar-refractivity contribution in [1.82, 2.24) is 0 Å². The van der Waals surface area contributed by atoms with E-state index in [-0.39, 0.29) is 6.61 Å². The SMILES string of the molecule is CCOC(=O)C(c1ccccc1)C(c1ccccc1)[N+](=O)[O-]. The number of nitro groups is 1. The first-order valence-corrected chi connectivity index (χ1v) is 7.05. The van der Waals surface area contributed by atoms with Gasteiger partial charge in [-0.25, -0.2) is 0 Å². The molecule has 2 unspecified atom stereocenters. The van der Waals surface area contributed by atoms with E-state index in [0.717, 1.165) is 0 Å². The summed E-state index contributed by atoms with van der Waals surface area (Å²) in [6.45, 7) is 1.87. The third-order valence-electron chi connectivity index (χ3n) is 3.38. The predicted octanol–water partition coefficient (Wildman–Crippen LogP) is 3.35. The molecule has 0 saturated heterocycles. The maximum absolute atomic E-state index is 12.3. The minimum Gasteiger partial charge on any atom is -0.465 e. The molecule has 2 rings (SSSR count). The molecule has 2 aromatic rings. The quantitative estimate of drug-likeness (QED) is 0.466. The zero-order valence-corrected chi connectivity index (χ0v) is 12.2. The van der Waals surface area contributed by atoms with Crippen LogP contribution in [0.5, 0.6) is 0 Å². The minimum absolute atomic E-state index is 0.182. The number of nitrogens with zero attached hydrogens (tertiary/aromatic N) is 1. The minimum atomic E-state index is -1.18. The van der Waals surface area contributed by atoms with E-state index in [0.29, 0.717) is 11.1 Å². The maximum atomic E-state index is 12.3. The number of hydrogen-bond acceptors (Lipinski definition) is 4. The Hall–Kier alpha value is -2.69. The van der Waals surface area contributed by atoms with Crippen LogP contribution in [0, 0.1) is 10.1 Å². The summed E-state index contributed by atoms with van der Waals surface area (Å²) in [5.41, 5.74) is 1.06. The average Bonchev–Trinajstić information content (AvgIpc) is 2.54. The second-order valence-corrected chi connectivity index (χ2v) is 4.78. The van der Waals surface area contributed by atoms with Crippen LogP contribution in [0.1, 0.15) is 30.0 Å². The molecule has 0 aliphatic carbocycles. The van der Waals surface area contributed by atoms with Gasteiger partial charge in [0.1, 0.15) is 0 Å². The molecule has 0 N–H and O–H groups in total. The van der Waals surface area contributed by atoms with Crippen LogP contribution in [0.2, 0.25) is 0 Å². The van der Waals surface area contributed by atoms with Gasteiger partial charge in [0, 0.05) is 10.5 Å². The summed E-state index contributed by atoms with van der Waals surface area (Å²) in [7, 11) is 0. The summed E-state index contributed by atoms with van der Waals surface area (Å²) in [6.07, 6.45) is 0. The van der Waals surface area contributed by atoms with Crippen molar-refractivity contribution in [3.8, 4) is 0 Å². The van der Waals surface area contributed by atoms with Crippen LogP contribution >= 0.6 is 0 Å². The average molecular weight is 299 g/mol. The van der Waals surface area contributed by atoms with Gasteiger partial charge in [0.15, 0.2) is 5.92 Å². The summed E-state index contributed by atoms with van der Waals surface area (Å²) in [4.78, 5) is 23.5. The standard InChI is InChI=1S/C17H17NO4/c1-2-22-17(19)15(13-9-5-3-6-10-13)16(18(20)21)14-11-7-4-8-12-14/h3-12,15-16H,2H2,1H3. The van der Waals surface area contributed by atoms with Crippen molar-refractivity contribution in [2.45, 2.75) is 18.9 Å². The molecular formula is C17H17NO4. The fourth-order valence-corrected chi connectivity index (χ4v) is 2.43. The van der Waals surface area contributed by atoms with Gasteiger partial charge < -0.3 is 4.74 Å². The highest BCUT2D eigenvalue weighted by Gasteiger charge is 2.40. The van der Waals surface area contributed by atoms with Gasteiger partial charge in [0.2, 0.25) is 0 Å². The second-order valence-electron chi connectivity index (χ2n) is 4.78. The topological polar surface area (TPSA) is 69.4 Å². The molecule has 0 aromatic heterocycles. The Bertz CT molecular complexity index is 628. The number of rotatable bonds is 6. The highest BCUT2D eigenvalue weighted by molar-refractivity contribution is 5.79. The molecule has 0 bridgehead atoms. The molecule has 5 heteroatoms. The molecule has 0 radical (unpaired) electrons. The van der Waals surface area contributed by atoms with Gasteiger partial charge in [-0.3, -0.25) is 14.9 Å². The van der Waals surface area contributed by atoms with Crippen LogP contribution in [0.25, 0.3) is 0 Å². The van der Waals surface area contributed by atoms with Gasteiger partial charge in [0.25, 0.3) is 6.04 Å². The molecular weight excluding hydrogens is 282 g/mol. The first-order chi connectivity index (χ1) is 10.6. The monoisotopic (exact) mass is 299 g/mol. The Morgan fingerprint density at radius 2 is 1.55 bits per heavy atom. The fourth-order valence-electron chi connectivity index (χ4n) is 2.43. The molecule has 0 heterocycles. The fraction of sp³-hybridized carbons (Fsp3) is 0.235. The van der Waals surface area contributed by atoms with Gasteiger partial charge in [0.05, 0.1) is 6.61 Å². The van der Waals surface area contributed by atoms with Crippen LogP contribution in [0.3, 0.4) is 0 Å². The third kappa shape index (κ3) is 3.49. The highest BCUT2D eigenvalue weighted by Crippen LogP contribution is 2.34. The number of hydrogen-bond donors (Lipinski definition) is 0. The van der Waals surface area contributed by atoms with Crippen molar-refractivity contribution in [1.29, 1.82) is 0 Å². The van der Waals surface area contributed by atoms with Gasteiger partial charge >= 0.3 is 5.97 Å². The number of carbonyl (C=O) groups excluding carboxylic acids is 1. The molecule has 0 spiro atoms. The van der Waals surface area contributed by atoms with Crippen molar-refractivity contribution in [3.05, 3.63) is 81.9 Å². The Morgan fingerprint density at radius 3 is 2.00 bits per heavy atom. The van der Waals surface area contributed by atoms with Crippen molar-refractivity contribution >= 4 is 5.97 Å². The van der Waals surface area contributed by atoms with E-state index in [9.17, 15) is 14.9 Å². The van der Waals surface area contributed by atoms with Crippen LogP contribution in [0.4, 0.5) is 0 Å². The summed E-state index contributed by atoms with van der Waals surface area (Å²) in [5.74, 6) is -1.56. The van der Waals surface area contributed by atoms with Crippen LogP contribution < -0.4 is 0 Å². The summed E-state index contributed by atoms with van der Waals surface area (Å²) < 4.78 is 5.07. The Kier molecular flexibility index (Phi) is 5.25. The van der Waals surface area contributed by atoms with E-state index in [1.54, 1.807) is 67.6 Å². The van der Waals surface area contributed by atoms with Crippen molar-refractivity contribution < 1.29 is 14.5 Å². The second kappa shape index (κ2) is 7.36. The largest absolute Gasteiger partial charge is 0.465 e. The third-order valence-corrected chi connectivity index (χ3v) is 3.38. The van der Waals surface area contributed by atoms with Gasteiger partial charge in [-0.15, -0.1) is 0 Å². The lowest BCUT2D eigenvalue weighted by Gasteiger charge is -2.20. The van der Waals surface area contributed by atoms with Gasteiger partial charge in [-0.2, -0.15) is 0 Å². The van der Waals surface area contributed by atoms with Crippen molar-refractivity contribution in [3.63, 3.8) is 0 Å². The summed E-state index contributed by atoms with van der Waals surface area (Å²) in [6, 6.07) is 16.1. The highest BCUT2D eigenvalue weighted by atomic mass is 16.6. The van der Waals surface area contributed by atoms with Crippen LogP contribution in [-0.4, -0.2) is 17.5 Å². The van der Waals surface area contributed by atoms with Crippen molar-refractivity contribution in [2.24, 2.45) is 0 Å². The lowest BCUT2D eigenvalue weighted by molar-refractivity contribution is -0.531. The summed E-state index contributed by atoms with van der Waals surface area (Å²) >= 11 is 0. The molecule has 22 heavy (non-hydrogen) atoms. The Labute approximate surface area is 128 Å². The molecule has 2 aromatic carbocycles. The smallest absolute Gasteiger partial charge is 0.320 e. The lowest BCUT2D eigenvalue weighted by Crippen LogP contribution is -2.27. The number of benzene rings is 2. The zero-order valence-electron chi connectivity index (χ0n) is 12.2. The van der Waals surface area contributed by atoms with Crippen molar-refractivity contribution in [2.75, 3.05) is 6.61 Å². The zero-order chi connectivity index (χ0) is 15.9. The summed E-state index contributed by atoms with van der Waals surface area (Å²) in [5, 5.41) is 11.6. The van der Waals surface area contributed by atoms with E-state index in [4.69, 9.17) is 4.74 Å². The van der Waals surface area contributed by atoms with Gasteiger partial charge in [-0.05, 0) is 12.5 Å². The normalized spacial score (nSPS) is 13.1. The Balaban J connectivity index is 2.50. The van der Waals surface area contributed by atoms with Gasteiger partial charge in [-0.1, -0.05) is 60.7 Å². The van der Waals surface area contributed by atoms with Crippen LogP contribution in [-0.2, 0) is 9.53 Å². The maximum Gasteiger partial charge on any atom is 0.320 e. The molecule has 0 aliphatic rings.